The number of primary amides is 1. The Morgan fingerprint density at radius 3 is 1.94 bits per heavy atom. The van der Waals surface area contributed by atoms with Crippen molar-refractivity contribution in [1.29, 1.82) is 0 Å². The standard InChI is InChI=1S/C75H98N12O18S/c1-45-69(99)86-38-19-23-58(86)72(102)87-39-18-22-57(87)71(101)82(43-61(91)80-54(66(76)96)31-32-64(94)95)34-14-10-8-6-4-3-5-7-9-11-15-35-83(44-63(93)84-36-16-20-55(84)67(97)81-65(46(2)88)68(98)78-45)70(100)56-21-17-37-85(56)62(92)24-12-13-33-77-74(106)79-47-25-28-50-53(40-47)75(105-73(50)103)51-29-26-48(89)41-59(51)104-60-42-49(90)27-30-52(60)75/h3,5,25-30,40-42,45-46,54-58,65,88-90H,4,6-24,31-39,43-44H2,1-2H3,(H2,76,96)(H,78,98)(H,80,91)(H,81,97)(H,94,95)(H2,77,79,106)/t45-,46+,54-,55-,56-,57-,58-,65-/m0/s1. The molecular formula is C75H98N12O18S. The van der Waals surface area contributed by atoms with Gasteiger partial charge in [-0.1, -0.05) is 31.4 Å². The maximum absolute atomic E-state index is 14.9. The van der Waals surface area contributed by atoms with E-state index in [1.165, 1.54) is 62.6 Å². The molecule has 4 saturated heterocycles. The van der Waals surface area contributed by atoms with Crippen LogP contribution < -0.4 is 37.1 Å². The van der Waals surface area contributed by atoms with E-state index in [0.29, 0.717) is 112 Å². The molecule has 11 N–H and O–H groups in total. The predicted octanol–water partition coefficient (Wildman–Crippen LogP) is 4.03. The summed E-state index contributed by atoms with van der Waals surface area (Å²) in [5.41, 5.74) is 6.28. The smallest absolute Gasteiger partial charge is 0.340 e. The summed E-state index contributed by atoms with van der Waals surface area (Å²) in [5.74, 6) is -7.53. The number of thiocarbonyl (C=S) groups is 1. The number of unbranched alkanes of at least 4 members (excludes halogenated alkanes) is 1. The van der Waals surface area contributed by atoms with Crippen molar-refractivity contribution in [2.24, 2.45) is 5.73 Å². The molecule has 31 heteroatoms. The van der Waals surface area contributed by atoms with E-state index in [0.717, 1.165) is 32.1 Å². The van der Waals surface area contributed by atoms with Crippen LogP contribution in [0.3, 0.4) is 0 Å². The zero-order valence-electron chi connectivity index (χ0n) is 60.1. The van der Waals surface area contributed by atoms with E-state index < -0.39 is 126 Å². The molecule has 572 valence electrons. The Morgan fingerprint density at radius 2 is 1.28 bits per heavy atom. The van der Waals surface area contributed by atoms with Crippen LogP contribution in [-0.2, 0) is 63.1 Å². The minimum absolute atomic E-state index is 0.0746. The first kappa shape index (κ1) is 78.7. The topological polar surface area (TPSA) is 410 Å². The Kier molecular flexibility index (Phi) is 26.7. The fourth-order valence-corrected chi connectivity index (χ4v) is 15.7. The van der Waals surface area contributed by atoms with Crippen LogP contribution in [-0.4, -0.2) is 233 Å². The number of likely N-dealkylation sites (tertiary alicyclic amines) is 1. The molecule has 0 aromatic heterocycles. The SMILES string of the molecule is C[C@@H]1NC(=O)[C@H]([C@@H](C)O)NC(=O)[C@@H]2CCCN2C(=O)CN(C(=O)[C@@H]2CCCN2C(=O)CCCCNC(=S)Nc2ccc3c(c2)C2(OC3=O)c3ccc(O)cc3Oc3cc(O)ccc32)CCCCCC=CCCCCCCN(CC(=O)N[C@@H](CCC(=O)O)C(N)=O)C(=O)[C@@H]2CCCN2C(=O)[C@@H]2CCCN2C1=O. The number of nitrogens with zero attached hydrogens (tertiary/aromatic N) is 6. The number of aliphatic carboxylic acids is 1. The van der Waals surface area contributed by atoms with Crippen LogP contribution in [0.1, 0.15) is 182 Å². The van der Waals surface area contributed by atoms with Gasteiger partial charge in [0.2, 0.25) is 59.1 Å². The van der Waals surface area contributed by atoms with Crippen LogP contribution in [0, 0.1) is 0 Å². The molecule has 4 fully saturated rings. The number of esters is 1. The van der Waals surface area contributed by atoms with Gasteiger partial charge in [0, 0.05) is 93.2 Å². The lowest BCUT2D eigenvalue weighted by Crippen LogP contribution is -2.60. The molecule has 0 radical (unpaired) electrons. The van der Waals surface area contributed by atoms with Crippen molar-refractivity contribution < 1.29 is 87.4 Å². The highest BCUT2D eigenvalue weighted by Crippen LogP contribution is 2.57. The van der Waals surface area contributed by atoms with Gasteiger partial charge in [-0.15, -0.1) is 0 Å². The Balaban J connectivity index is 0.772. The monoisotopic (exact) mass is 1490 g/mol. The van der Waals surface area contributed by atoms with Crippen molar-refractivity contribution in [3.8, 4) is 23.0 Å². The first-order valence-electron chi connectivity index (χ1n) is 37.1. The number of anilines is 1. The lowest BCUT2D eigenvalue weighted by molar-refractivity contribution is -0.150. The number of allylic oxidation sites excluding steroid dienone is 2. The third-order valence-corrected chi connectivity index (χ3v) is 21.2. The number of aromatic hydroxyl groups is 2. The number of benzene rings is 3. The second-order valence-corrected chi connectivity index (χ2v) is 28.9. The number of aliphatic hydroxyl groups excluding tert-OH is 1. The number of amides is 10. The van der Waals surface area contributed by atoms with Gasteiger partial charge in [0.25, 0.3) is 0 Å². The Hall–Kier alpha value is -9.91. The highest BCUT2D eigenvalue weighted by Gasteiger charge is 2.54. The summed E-state index contributed by atoms with van der Waals surface area (Å²) in [6, 6.07) is 5.95. The van der Waals surface area contributed by atoms with Crippen LogP contribution in [0.25, 0.3) is 0 Å². The van der Waals surface area contributed by atoms with E-state index in [1.54, 1.807) is 35.2 Å². The maximum Gasteiger partial charge on any atom is 0.340 e. The molecule has 10 amide bonds. The molecule has 0 bridgehead atoms. The summed E-state index contributed by atoms with van der Waals surface area (Å²) < 4.78 is 12.3. The molecule has 106 heavy (non-hydrogen) atoms. The van der Waals surface area contributed by atoms with Crippen molar-refractivity contribution in [2.75, 3.05) is 64.2 Å². The van der Waals surface area contributed by atoms with E-state index in [4.69, 9.17) is 27.4 Å². The molecule has 3 aromatic rings. The van der Waals surface area contributed by atoms with E-state index in [1.807, 2.05) is 0 Å². The Morgan fingerprint density at radius 1 is 0.670 bits per heavy atom. The van der Waals surface area contributed by atoms with Crippen LogP contribution in [0.2, 0.25) is 0 Å². The van der Waals surface area contributed by atoms with Crippen molar-refractivity contribution in [3.05, 3.63) is 89.0 Å². The molecule has 7 aliphatic rings. The molecule has 8 atom stereocenters. The third kappa shape index (κ3) is 18.7. The lowest BCUT2D eigenvalue weighted by Gasteiger charge is -2.36. The van der Waals surface area contributed by atoms with Crippen LogP contribution >= 0.6 is 12.2 Å². The van der Waals surface area contributed by atoms with Gasteiger partial charge in [0.05, 0.1) is 24.8 Å². The van der Waals surface area contributed by atoms with Gasteiger partial charge >= 0.3 is 11.9 Å². The quantitative estimate of drug-likeness (QED) is 0.0444. The van der Waals surface area contributed by atoms with Gasteiger partial charge < -0.3 is 91.6 Å². The van der Waals surface area contributed by atoms with E-state index in [2.05, 4.69) is 38.7 Å². The minimum Gasteiger partial charge on any atom is -0.508 e. The van der Waals surface area contributed by atoms with Crippen molar-refractivity contribution >= 4 is 94.0 Å². The van der Waals surface area contributed by atoms with E-state index in [-0.39, 0.29) is 111 Å². The number of ether oxygens (including phenoxy) is 2. The molecule has 1 spiro atoms. The normalized spacial score (nSPS) is 23.4. The van der Waals surface area contributed by atoms with E-state index in [9.17, 15) is 78.0 Å². The molecule has 3 aromatic carbocycles. The zero-order chi connectivity index (χ0) is 75.9. The summed E-state index contributed by atoms with van der Waals surface area (Å²) in [4.78, 5) is 175. The highest BCUT2D eigenvalue weighted by atomic mass is 32.1. The zero-order valence-corrected chi connectivity index (χ0v) is 60.9. The van der Waals surface area contributed by atoms with Crippen LogP contribution in [0.15, 0.2) is 66.7 Å². The molecule has 7 aliphatic heterocycles. The number of nitrogens with one attached hydrogen (secondary N) is 5. The molecule has 0 aliphatic carbocycles. The summed E-state index contributed by atoms with van der Waals surface area (Å²) in [7, 11) is 0. The van der Waals surface area contributed by atoms with Crippen molar-refractivity contribution in [1.82, 2.24) is 50.7 Å². The van der Waals surface area contributed by atoms with Gasteiger partial charge in [-0.25, -0.2) is 4.79 Å². The molecule has 0 unspecified atom stereocenters. The summed E-state index contributed by atoms with van der Waals surface area (Å²) in [6.07, 6.45) is 12.3. The second-order valence-electron chi connectivity index (χ2n) is 28.5. The van der Waals surface area contributed by atoms with Crippen molar-refractivity contribution in [2.45, 2.75) is 209 Å². The van der Waals surface area contributed by atoms with Crippen molar-refractivity contribution in [3.63, 3.8) is 0 Å². The number of hydrogen-bond donors (Lipinski definition) is 10. The van der Waals surface area contributed by atoms with E-state index >= 15 is 0 Å². The predicted molar refractivity (Wildman–Crippen MR) is 388 cm³/mol. The Bertz CT molecular complexity index is 3820. The number of phenols is 2. The largest absolute Gasteiger partial charge is 0.508 e. The van der Waals surface area contributed by atoms with Crippen LogP contribution in [0.4, 0.5) is 5.69 Å². The molecule has 30 nitrogen and oxygen atoms in total. The summed E-state index contributed by atoms with van der Waals surface area (Å²) in [6.45, 7) is 3.32. The molecule has 7 heterocycles. The summed E-state index contributed by atoms with van der Waals surface area (Å²) in [5, 5.41) is 55.3. The number of fused-ring (bicyclic) bond motifs is 9. The number of rotatable bonds is 15. The third-order valence-electron chi connectivity index (χ3n) is 20.9. The number of carbonyl (C=O) groups excluding carboxylic acids is 11. The van der Waals surface area contributed by atoms with Gasteiger partial charge in [-0.3, -0.25) is 52.7 Å². The first-order valence-corrected chi connectivity index (χ1v) is 37.5. The molecule has 0 saturated carbocycles. The maximum atomic E-state index is 14.9. The lowest BCUT2D eigenvalue weighted by atomic mass is 9.77. The number of aliphatic hydroxyl groups is 1. The number of nitrogens with two attached hydrogens (primary N) is 1. The fraction of sp³-hybridized carbons (Fsp3) is 0.560. The average Bonchev–Trinajstić information content (AvgIpc) is 1.51. The number of carbonyl (C=O) groups is 12. The van der Waals surface area contributed by atoms with Gasteiger partial charge in [0.15, 0.2) is 10.7 Å². The number of carboxylic acids is 1. The number of carboxylic acid groups (broad SMARTS) is 1. The molecule has 10 rings (SSSR count). The van der Waals surface area contributed by atoms with Gasteiger partial charge in [0.1, 0.15) is 65.3 Å². The highest BCUT2D eigenvalue weighted by molar-refractivity contribution is 7.80. The number of phenolic OH excluding ortho intramolecular Hbond substituents is 2. The van der Waals surface area contributed by atoms with Crippen LogP contribution in [0.5, 0.6) is 23.0 Å². The minimum atomic E-state index is -1.60. The number of hydrogen-bond acceptors (Lipinski definition) is 18. The summed E-state index contributed by atoms with van der Waals surface area (Å²) >= 11 is 5.70. The second kappa shape index (κ2) is 35.9. The Labute approximate surface area is 620 Å². The average molecular weight is 1490 g/mol. The van der Waals surface area contributed by atoms with Gasteiger partial charge in [-0.05, 0) is 178 Å². The van der Waals surface area contributed by atoms with Gasteiger partial charge in [-0.2, -0.15) is 0 Å². The molecular weight excluding hydrogens is 1390 g/mol. The fourth-order valence-electron chi connectivity index (χ4n) is 15.5. The first-order chi connectivity index (χ1) is 50.8.